The summed E-state index contributed by atoms with van der Waals surface area (Å²) >= 11 is 3.60. The number of hydrogen-bond acceptors (Lipinski definition) is 1. The van der Waals surface area contributed by atoms with Crippen LogP contribution in [0.2, 0.25) is 0 Å². The lowest BCUT2D eigenvalue weighted by atomic mass is 10.0. The summed E-state index contributed by atoms with van der Waals surface area (Å²) in [5.74, 6) is 0. The molecule has 0 atom stereocenters. The molecule has 3 aromatic rings. The molecule has 0 aliphatic rings. The minimum atomic E-state index is 0.919. The highest BCUT2D eigenvalue weighted by Gasteiger charge is 2.06. The summed E-state index contributed by atoms with van der Waals surface area (Å²) in [7, 11) is 0. The van der Waals surface area contributed by atoms with Crippen LogP contribution >= 0.6 is 15.9 Å². The molecule has 2 aromatic carbocycles. The highest BCUT2D eigenvalue weighted by atomic mass is 79.9. The molecule has 0 N–H and O–H groups in total. The molecule has 2 heteroatoms. The van der Waals surface area contributed by atoms with Crippen molar-refractivity contribution in [2.45, 2.75) is 0 Å². The van der Waals surface area contributed by atoms with Crippen LogP contribution in [0.3, 0.4) is 0 Å². The molecule has 3 rings (SSSR count). The molecule has 1 nitrogen and oxygen atoms in total. The molecule has 78 valence electrons. The minimum Gasteiger partial charge on any atom is -0.464 e. The van der Waals surface area contributed by atoms with Gasteiger partial charge in [-0.15, -0.1) is 0 Å². The third-order valence-electron chi connectivity index (χ3n) is 2.63. The maximum Gasteiger partial charge on any atom is 0.134 e. The minimum absolute atomic E-state index is 0.919. The summed E-state index contributed by atoms with van der Waals surface area (Å²) in [5, 5.41) is 1.12. The lowest BCUT2D eigenvalue weighted by Crippen LogP contribution is -1.79. The van der Waals surface area contributed by atoms with Gasteiger partial charge in [-0.2, -0.15) is 0 Å². The van der Waals surface area contributed by atoms with Gasteiger partial charge in [0.05, 0.1) is 6.26 Å². The van der Waals surface area contributed by atoms with E-state index in [1.165, 1.54) is 5.56 Å². The topological polar surface area (TPSA) is 13.1 Å². The molecule has 0 saturated heterocycles. The first-order valence-corrected chi connectivity index (χ1v) is 5.86. The van der Waals surface area contributed by atoms with Crippen LogP contribution in [0.25, 0.3) is 22.1 Å². The van der Waals surface area contributed by atoms with Crippen molar-refractivity contribution in [3.8, 4) is 11.1 Å². The summed E-state index contributed by atoms with van der Waals surface area (Å²) in [6.45, 7) is 0. The van der Waals surface area contributed by atoms with Crippen LogP contribution in [0.5, 0.6) is 0 Å². The Hall–Kier alpha value is -1.54. The summed E-state index contributed by atoms with van der Waals surface area (Å²) in [6.07, 6.45) is 1.71. The normalized spacial score (nSPS) is 10.8. The fraction of sp³-hybridized carbons (Fsp3) is 0. The Morgan fingerprint density at radius 1 is 0.938 bits per heavy atom. The second-order valence-electron chi connectivity index (χ2n) is 3.66. The number of rotatable bonds is 1. The molecule has 0 saturated carbocycles. The van der Waals surface area contributed by atoms with Crippen molar-refractivity contribution < 1.29 is 4.42 Å². The van der Waals surface area contributed by atoms with Gasteiger partial charge in [-0.1, -0.05) is 46.3 Å². The maximum atomic E-state index is 5.41. The lowest BCUT2D eigenvalue weighted by Gasteiger charge is -2.04. The molecule has 1 aromatic heterocycles. The number of halogens is 1. The largest absolute Gasteiger partial charge is 0.464 e. The predicted molar refractivity (Wildman–Crippen MR) is 69.4 cm³/mol. The van der Waals surface area contributed by atoms with E-state index < -0.39 is 0 Å². The van der Waals surface area contributed by atoms with Gasteiger partial charge < -0.3 is 4.42 Å². The molecule has 0 fully saturated rings. The second kappa shape index (κ2) is 3.80. The van der Waals surface area contributed by atoms with Crippen LogP contribution in [0.4, 0.5) is 0 Å². The van der Waals surface area contributed by atoms with Gasteiger partial charge in [-0.25, -0.2) is 0 Å². The Balaban J connectivity index is 2.27. The van der Waals surface area contributed by atoms with Gasteiger partial charge in [-0.3, -0.25) is 0 Å². The van der Waals surface area contributed by atoms with Crippen LogP contribution < -0.4 is 0 Å². The van der Waals surface area contributed by atoms with E-state index in [-0.39, 0.29) is 0 Å². The fourth-order valence-electron chi connectivity index (χ4n) is 1.82. The van der Waals surface area contributed by atoms with E-state index in [2.05, 4.69) is 40.2 Å². The van der Waals surface area contributed by atoms with E-state index in [4.69, 9.17) is 4.42 Å². The van der Waals surface area contributed by atoms with Gasteiger partial charge >= 0.3 is 0 Å². The van der Waals surface area contributed by atoms with E-state index in [1.54, 1.807) is 6.26 Å². The summed E-state index contributed by atoms with van der Waals surface area (Å²) in [6, 6.07) is 16.4. The van der Waals surface area contributed by atoms with Gasteiger partial charge in [-0.05, 0) is 29.3 Å². The van der Waals surface area contributed by atoms with Gasteiger partial charge in [0.25, 0.3) is 0 Å². The Morgan fingerprint density at radius 2 is 1.75 bits per heavy atom. The van der Waals surface area contributed by atoms with E-state index in [9.17, 15) is 0 Å². The molecule has 0 radical (unpaired) electrons. The number of benzene rings is 2. The Labute approximate surface area is 102 Å². The zero-order chi connectivity index (χ0) is 11.0. The molecule has 0 aliphatic heterocycles. The summed E-state index contributed by atoms with van der Waals surface area (Å²) in [4.78, 5) is 0. The lowest BCUT2D eigenvalue weighted by molar-refractivity contribution is 0.616. The monoisotopic (exact) mass is 272 g/mol. The predicted octanol–water partition coefficient (Wildman–Crippen LogP) is 4.86. The Kier molecular flexibility index (Phi) is 2.29. The average Bonchev–Trinajstić information content (AvgIpc) is 2.76. The first-order valence-electron chi connectivity index (χ1n) is 5.07. The highest BCUT2D eigenvalue weighted by Crippen LogP contribution is 2.32. The number of furan rings is 1. The molecule has 0 bridgehead atoms. The van der Waals surface area contributed by atoms with Gasteiger partial charge in [0.2, 0.25) is 0 Å². The zero-order valence-corrected chi connectivity index (χ0v) is 10.1. The van der Waals surface area contributed by atoms with Crippen molar-refractivity contribution in [2.24, 2.45) is 0 Å². The molecule has 16 heavy (non-hydrogen) atoms. The molecule has 1 heterocycles. The van der Waals surface area contributed by atoms with Crippen molar-refractivity contribution in [3.05, 3.63) is 59.3 Å². The Morgan fingerprint density at radius 3 is 2.56 bits per heavy atom. The standard InChI is InChI=1S/C14H9BrO/c15-13-8-11-6-7-16-14(11)9-12(13)10-4-2-1-3-5-10/h1-9H. The van der Waals surface area contributed by atoms with Crippen LogP contribution in [0.1, 0.15) is 0 Å². The van der Waals surface area contributed by atoms with E-state index in [1.807, 2.05) is 24.3 Å². The van der Waals surface area contributed by atoms with Crippen LogP contribution in [0, 0.1) is 0 Å². The quantitative estimate of drug-likeness (QED) is 0.617. The van der Waals surface area contributed by atoms with Crippen molar-refractivity contribution in [2.75, 3.05) is 0 Å². The Bertz CT molecular complexity index is 626. The number of fused-ring (bicyclic) bond motifs is 1. The zero-order valence-electron chi connectivity index (χ0n) is 8.48. The van der Waals surface area contributed by atoms with E-state index in [0.29, 0.717) is 0 Å². The third kappa shape index (κ3) is 1.55. The fourth-order valence-corrected chi connectivity index (χ4v) is 2.41. The molecule has 0 unspecified atom stereocenters. The molecular weight excluding hydrogens is 264 g/mol. The van der Waals surface area contributed by atoms with E-state index in [0.717, 1.165) is 21.0 Å². The highest BCUT2D eigenvalue weighted by molar-refractivity contribution is 9.10. The molecule has 0 aliphatic carbocycles. The van der Waals surface area contributed by atoms with Gasteiger partial charge in [0.1, 0.15) is 5.58 Å². The van der Waals surface area contributed by atoms with Crippen molar-refractivity contribution in [1.82, 2.24) is 0 Å². The number of hydrogen-bond donors (Lipinski definition) is 0. The van der Waals surface area contributed by atoms with Crippen LogP contribution in [-0.2, 0) is 0 Å². The molecule has 0 spiro atoms. The first kappa shape index (κ1) is 9.67. The van der Waals surface area contributed by atoms with Crippen LogP contribution in [0.15, 0.2) is 63.7 Å². The van der Waals surface area contributed by atoms with E-state index >= 15 is 0 Å². The third-order valence-corrected chi connectivity index (χ3v) is 3.28. The average molecular weight is 273 g/mol. The summed E-state index contributed by atoms with van der Waals surface area (Å²) < 4.78 is 6.50. The SMILES string of the molecule is Brc1cc2ccoc2cc1-c1ccccc1. The van der Waals surface area contributed by atoms with Crippen molar-refractivity contribution >= 4 is 26.9 Å². The maximum absolute atomic E-state index is 5.41. The van der Waals surface area contributed by atoms with Gasteiger partial charge in [0.15, 0.2) is 0 Å². The molecular formula is C14H9BrO. The smallest absolute Gasteiger partial charge is 0.134 e. The van der Waals surface area contributed by atoms with Crippen LogP contribution in [-0.4, -0.2) is 0 Å². The van der Waals surface area contributed by atoms with Crippen molar-refractivity contribution in [3.63, 3.8) is 0 Å². The summed E-state index contributed by atoms with van der Waals surface area (Å²) in [5.41, 5.74) is 3.26. The van der Waals surface area contributed by atoms with Gasteiger partial charge in [0, 0.05) is 9.86 Å². The second-order valence-corrected chi connectivity index (χ2v) is 4.51. The first-order chi connectivity index (χ1) is 7.84. The van der Waals surface area contributed by atoms with Crippen molar-refractivity contribution in [1.29, 1.82) is 0 Å². The molecule has 0 amide bonds.